The van der Waals surface area contributed by atoms with Crippen LogP contribution in [0.15, 0.2) is 18.2 Å². The van der Waals surface area contributed by atoms with Crippen molar-refractivity contribution in [1.29, 1.82) is 5.26 Å². The second-order valence-electron chi connectivity index (χ2n) is 8.23. The molecule has 3 rings (SSSR count). The molecule has 0 bridgehead atoms. The Morgan fingerprint density at radius 3 is 2.52 bits per heavy atom. The van der Waals surface area contributed by atoms with Crippen molar-refractivity contribution in [2.45, 2.75) is 43.9 Å². The summed E-state index contributed by atoms with van der Waals surface area (Å²) < 4.78 is 16.4. The lowest BCUT2D eigenvalue weighted by Crippen LogP contribution is -2.23. The molecule has 0 amide bonds. The Balaban J connectivity index is 1.73. The van der Waals surface area contributed by atoms with Crippen LogP contribution in [-0.2, 0) is 14.9 Å². The molecule has 4 atom stereocenters. The smallest absolute Gasteiger partial charge is 0.308 e. The van der Waals surface area contributed by atoms with Crippen LogP contribution < -0.4 is 9.47 Å². The Labute approximate surface area is 178 Å². The number of carbonyl (C=O) groups excluding carboxylic acids is 1. The van der Waals surface area contributed by atoms with Gasteiger partial charge in [0.2, 0.25) is 0 Å². The van der Waals surface area contributed by atoms with Crippen molar-refractivity contribution >= 4 is 17.7 Å². The fourth-order valence-corrected chi connectivity index (χ4v) is 5.55. The van der Waals surface area contributed by atoms with E-state index in [2.05, 4.69) is 12.3 Å². The topological polar surface area (TPSA) is 68.6 Å². The lowest BCUT2D eigenvalue weighted by molar-refractivity contribution is -0.145. The molecule has 0 aromatic heterocycles. The van der Waals surface area contributed by atoms with Gasteiger partial charge in [-0.2, -0.15) is 17.0 Å². The van der Waals surface area contributed by atoms with E-state index >= 15 is 0 Å². The van der Waals surface area contributed by atoms with Crippen LogP contribution in [-0.4, -0.2) is 38.8 Å². The number of carbonyl (C=O) groups is 1. The number of hydrogen-bond donors (Lipinski definition) is 0. The predicted octanol–water partition coefficient (Wildman–Crippen LogP) is 4.59. The largest absolute Gasteiger partial charge is 0.493 e. The van der Waals surface area contributed by atoms with E-state index < -0.39 is 5.41 Å². The zero-order valence-electron chi connectivity index (χ0n) is 17.6. The van der Waals surface area contributed by atoms with Gasteiger partial charge >= 0.3 is 5.97 Å². The maximum absolute atomic E-state index is 11.9. The summed E-state index contributed by atoms with van der Waals surface area (Å²) in [6.45, 7) is 0.645. The third-order valence-corrected chi connectivity index (χ3v) is 7.22. The zero-order chi connectivity index (χ0) is 20.9. The first-order valence-electron chi connectivity index (χ1n) is 10.4. The Morgan fingerprint density at radius 2 is 1.93 bits per heavy atom. The molecule has 0 radical (unpaired) electrons. The standard InChI is InChI=1S/C23H31NO4S/c1-26-20-7-6-19(12-21(20)28-8-4-5-9-29-3)23(15-24)13-17-10-16(22(25)27-2)11-18(17)14-23/h6-7,12,16-18H,4-5,8-11,13-14H2,1-3H3/t16?,17-,18+,23?. The van der Waals surface area contributed by atoms with Crippen LogP contribution in [0.2, 0.25) is 0 Å². The van der Waals surface area contributed by atoms with Crippen LogP contribution >= 0.6 is 11.8 Å². The Morgan fingerprint density at radius 1 is 1.21 bits per heavy atom. The van der Waals surface area contributed by atoms with Crippen molar-refractivity contribution in [3.8, 4) is 17.6 Å². The Hall–Kier alpha value is -1.87. The molecule has 0 N–H and O–H groups in total. The minimum absolute atomic E-state index is 0.0114. The van der Waals surface area contributed by atoms with E-state index in [0.29, 0.717) is 29.9 Å². The van der Waals surface area contributed by atoms with Gasteiger partial charge in [-0.1, -0.05) is 6.07 Å². The van der Waals surface area contributed by atoms with Gasteiger partial charge in [0.05, 0.1) is 38.2 Å². The number of nitriles is 1. The fourth-order valence-electron chi connectivity index (χ4n) is 5.06. The third kappa shape index (κ3) is 4.66. The van der Waals surface area contributed by atoms with E-state index in [0.717, 1.165) is 49.8 Å². The summed E-state index contributed by atoms with van der Waals surface area (Å²) in [5.74, 6) is 3.23. The number of benzene rings is 1. The minimum Gasteiger partial charge on any atom is -0.493 e. The second-order valence-corrected chi connectivity index (χ2v) is 9.21. The average Bonchev–Trinajstić information content (AvgIpc) is 3.30. The summed E-state index contributed by atoms with van der Waals surface area (Å²) in [5, 5.41) is 10.1. The minimum atomic E-state index is -0.514. The molecule has 29 heavy (non-hydrogen) atoms. The van der Waals surface area contributed by atoms with Crippen molar-refractivity contribution < 1.29 is 19.0 Å². The van der Waals surface area contributed by atoms with E-state index in [9.17, 15) is 10.1 Å². The third-order valence-electron chi connectivity index (χ3n) is 6.53. The summed E-state index contributed by atoms with van der Waals surface area (Å²) in [5.41, 5.74) is 0.489. The fraction of sp³-hybridized carbons (Fsp3) is 0.652. The maximum Gasteiger partial charge on any atom is 0.308 e. The molecule has 0 spiro atoms. The molecule has 2 saturated carbocycles. The Kier molecular flexibility index (Phi) is 7.34. The van der Waals surface area contributed by atoms with Gasteiger partial charge in [-0.15, -0.1) is 0 Å². The van der Waals surface area contributed by atoms with Crippen LogP contribution in [0.1, 0.15) is 44.1 Å². The van der Waals surface area contributed by atoms with Crippen molar-refractivity contribution in [3.63, 3.8) is 0 Å². The van der Waals surface area contributed by atoms with E-state index in [1.807, 2.05) is 30.0 Å². The van der Waals surface area contributed by atoms with Crippen molar-refractivity contribution in [2.24, 2.45) is 17.8 Å². The first-order valence-corrected chi connectivity index (χ1v) is 11.8. The van der Waals surface area contributed by atoms with Crippen molar-refractivity contribution in [1.82, 2.24) is 0 Å². The van der Waals surface area contributed by atoms with Crippen molar-refractivity contribution in [2.75, 3.05) is 32.8 Å². The molecule has 0 saturated heterocycles. The van der Waals surface area contributed by atoms with Crippen molar-refractivity contribution in [3.05, 3.63) is 23.8 Å². The van der Waals surface area contributed by atoms with E-state index in [-0.39, 0.29) is 11.9 Å². The highest BCUT2D eigenvalue weighted by Gasteiger charge is 2.52. The predicted molar refractivity (Wildman–Crippen MR) is 114 cm³/mol. The first kappa shape index (κ1) is 21.8. The summed E-state index contributed by atoms with van der Waals surface area (Å²) in [4.78, 5) is 11.9. The highest BCUT2D eigenvalue weighted by Crippen LogP contribution is 2.56. The number of nitrogens with zero attached hydrogens (tertiary/aromatic N) is 1. The van der Waals surface area contributed by atoms with Crippen LogP contribution in [0.4, 0.5) is 0 Å². The quantitative estimate of drug-likeness (QED) is 0.432. The van der Waals surface area contributed by atoms with Crippen LogP contribution in [0.3, 0.4) is 0 Å². The highest BCUT2D eigenvalue weighted by atomic mass is 32.2. The lowest BCUT2D eigenvalue weighted by atomic mass is 9.77. The molecule has 6 heteroatoms. The molecule has 1 aromatic rings. The van der Waals surface area contributed by atoms with Gasteiger partial charge in [0, 0.05) is 0 Å². The summed E-state index contributed by atoms with van der Waals surface area (Å²) in [7, 11) is 3.10. The first-order chi connectivity index (χ1) is 14.1. The summed E-state index contributed by atoms with van der Waals surface area (Å²) in [6, 6.07) is 8.52. The van der Waals surface area contributed by atoms with E-state index in [1.54, 1.807) is 7.11 Å². The SMILES string of the molecule is COC(=O)C1C[C@@H]2CC(C#N)(c3ccc(OC)c(OCCCCSC)c3)C[C@@H]2C1. The van der Waals surface area contributed by atoms with Gasteiger partial charge < -0.3 is 14.2 Å². The number of rotatable bonds is 9. The van der Waals surface area contributed by atoms with Crippen LogP contribution in [0.25, 0.3) is 0 Å². The molecule has 2 fully saturated rings. The van der Waals surface area contributed by atoms with Gasteiger partial charge in [0.15, 0.2) is 11.5 Å². The van der Waals surface area contributed by atoms with Crippen LogP contribution in [0, 0.1) is 29.1 Å². The molecule has 2 aliphatic carbocycles. The van der Waals surface area contributed by atoms with E-state index in [4.69, 9.17) is 14.2 Å². The molecule has 0 aliphatic heterocycles. The van der Waals surface area contributed by atoms with Gasteiger partial charge in [-0.05, 0) is 80.1 Å². The number of fused-ring (bicyclic) bond motifs is 1. The molecule has 0 heterocycles. The molecule has 2 unspecified atom stereocenters. The number of methoxy groups -OCH3 is 2. The molecule has 158 valence electrons. The van der Waals surface area contributed by atoms with E-state index in [1.165, 1.54) is 7.11 Å². The summed E-state index contributed by atoms with van der Waals surface area (Å²) in [6.07, 6.45) is 7.47. The molecule has 1 aromatic carbocycles. The summed E-state index contributed by atoms with van der Waals surface area (Å²) >= 11 is 1.84. The average molecular weight is 418 g/mol. The van der Waals surface area contributed by atoms with Gasteiger partial charge in [-0.3, -0.25) is 4.79 Å². The number of esters is 1. The van der Waals surface area contributed by atoms with Crippen LogP contribution in [0.5, 0.6) is 11.5 Å². The number of unbranched alkanes of at least 4 members (excludes halogenated alkanes) is 1. The number of ether oxygens (including phenoxy) is 3. The van der Waals surface area contributed by atoms with Gasteiger partial charge in [0.25, 0.3) is 0 Å². The lowest BCUT2D eigenvalue weighted by Gasteiger charge is -2.24. The second kappa shape index (κ2) is 9.75. The monoisotopic (exact) mass is 417 g/mol. The number of thioether (sulfide) groups is 1. The molecular formula is C23H31NO4S. The highest BCUT2D eigenvalue weighted by molar-refractivity contribution is 7.98. The maximum atomic E-state index is 11.9. The number of hydrogen-bond acceptors (Lipinski definition) is 6. The molecule has 2 aliphatic rings. The molecular weight excluding hydrogens is 386 g/mol. The van der Waals surface area contributed by atoms with Gasteiger partial charge in [0.1, 0.15) is 0 Å². The zero-order valence-corrected chi connectivity index (χ0v) is 18.4. The molecule has 5 nitrogen and oxygen atoms in total. The normalized spacial score (nSPS) is 27.9. The Bertz CT molecular complexity index is 746. The van der Waals surface area contributed by atoms with Gasteiger partial charge in [-0.25, -0.2) is 0 Å².